The Hall–Kier alpha value is -3.65. The molecule has 1 aliphatic rings. The molecule has 1 aliphatic heterocycles. The van der Waals surface area contributed by atoms with Crippen molar-refractivity contribution in [1.82, 2.24) is 15.3 Å². The second-order valence-corrected chi connectivity index (χ2v) is 7.26. The number of methoxy groups -OCH3 is 2. The zero-order valence-corrected chi connectivity index (χ0v) is 18.0. The van der Waals surface area contributed by atoms with Gasteiger partial charge in [-0.1, -0.05) is 0 Å². The maximum Gasteiger partial charge on any atom is 0.258 e. The van der Waals surface area contributed by atoms with Gasteiger partial charge < -0.3 is 24.3 Å². The van der Waals surface area contributed by atoms with Gasteiger partial charge >= 0.3 is 0 Å². The van der Waals surface area contributed by atoms with Crippen molar-refractivity contribution in [2.24, 2.45) is 0 Å². The summed E-state index contributed by atoms with van der Waals surface area (Å²) in [5, 5.41) is 2.90. The van der Waals surface area contributed by atoms with E-state index in [-0.39, 0.29) is 23.5 Å². The highest BCUT2D eigenvalue weighted by molar-refractivity contribution is 5.96. The van der Waals surface area contributed by atoms with Gasteiger partial charge in [0.25, 0.3) is 5.91 Å². The average Bonchev–Trinajstić information content (AvgIpc) is 3.37. The Kier molecular flexibility index (Phi) is 6.81. The molecule has 2 aromatic carbocycles. The van der Waals surface area contributed by atoms with Gasteiger partial charge in [0, 0.05) is 24.9 Å². The quantitative estimate of drug-likeness (QED) is 0.574. The van der Waals surface area contributed by atoms with Crippen LogP contribution >= 0.6 is 0 Å². The second-order valence-electron chi connectivity index (χ2n) is 7.26. The van der Waals surface area contributed by atoms with Gasteiger partial charge in [-0.25, -0.2) is 4.98 Å². The molecule has 1 amide bonds. The summed E-state index contributed by atoms with van der Waals surface area (Å²) in [4.78, 5) is 21.8. The average molecular weight is 435 g/mol. The second kappa shape index (κ2) is 10.1. The number of ether oxygens (including phenoxy) is 4. The molecule has 166 valence electrons. The number of benzene rings is 2. The summed E-state index contributed by atoms with van der Waals surface area (Å²) in [7, 11) is 3.20. The van der Waals surface area contributed by atoms with Crippen LogP contribution in [-0.4, -0.2) is 49.4 Å². The predicted octanol–water partition coefficient (Wildman–Crippen LogP) is 3.86. The molecule has 0 radical (unpaired) electrons. The van der Waals surface area contributed by atoms with Crippen LogP contribution in [0.1, 0.15) is 23.2 Å². The number of amides is 1. The lowest BCUT2D eigenvalue weighted by Crippen LogP contribution is -2.32. The molecule has 0 saturated carbocycles. The number of hydrogen-bond acceptors (Lipinski definition) is 7. The molecule has 1 fully saturated rings. The van der Waals surface area contributed by atoms with Crippen LogP contribution in [0, 0.1) is 0 Å². The fourth-order valence-corrected chi connectivity index (χ4v) is 3.34. The molecule has 8 heteroatoms. The van der Waals surface area contributed by atoms with E-state index in [2.05, 4.69) is 15.3 Å². The van der Waals surface area contributed by atoms with E-state index >= 15 is 0 Å². The first-order valence-corrected chi connectivity index (χ1v) is 10.4. The normalized spacial score (nSPS) is 15.2. The minimum atomic E-state index is -0.315. The van der Waals surface area contributed by atoms with E-state index in [1.54, 1.807) is 38.5 Å². The van der Waals surface area contributed by atoms with E-state index in [1.807, 2.05) is 24.3 Å². The van der Waals surface area contributed by atoms with E-state index in [0.29, 0.717) is 23.9 Å². The monoisotopic (exact) mass is 435 g/mol. The number of nitrogens with one attached hydrogen (secondary N) is 1. The van der Waals surface area contributed by atoms with Crippen molar-refractivity contribution in [3.05, 3.63) is 60.3 Å². The first-order valence-electron chi connectivity index (χ1n) is 10.4. The van der Waals surface area contributed by atoms with Crippen molar-refractivity contribution in [3.63, 3.8) is 0 Å². The van der Waals surface area contributed by atoms with Gasteiger partial charge in [0.05, 0.1) is 20.3 Å². The minimum absolute atomic E-state index is 0.0318. The van der Waals surface area contributed by atoms with Crippen molar-refractivity contribution in [2.75, 3.05) is 27.4 Å². The molecule has 0 spiro atoms. The van der Waals surface area contributed by atoms with Crippen LogP contribution in [0.2, 0.25) is 0 Å². The number of rotatable bonds is 8. The SMILES string of the molecule is COc1ccc(Oc2nc(-c3ccc(OC)cc3)ncc2C(=O)NC[C@H]2CCCO2)cc1. The zero-order chi connectivity index (χ0) is 22.3. The van der Waals surface area contributed by atoms with Crippen LogP contribution in [0.15, 0.2) is 54.7 Å². The third-order valence-corrected chi connectivity index (χ3v) is 5.13. The first-order chi connectivity index (χ1) is 15.7. The molecule has 1 N–H and O–H groups in total. The molecule has 1 saturated heterocycles. The van der Waals surface area contributed by atoms with E-state index in [4.69, 9.17) is 18.9 Å². The Labute approximate surface area is 186 Å². The van der Waals surface area contributed by atoms with Crippen molar-refractivity contribution in [1.29, 1.82) is 0 Å². The summed E-state index contributed by atoms with van der Waals surface area (Å²) in [5.74, 6) is 2.25. The molecular formula is C24H25N3O5. The lowest BCUT2D eigenvalue weighted by molar-refractivity contribution is 0.0855. The number of hydrogen-bond donors (Lipinski definition) is 1. The topological polar surface area (TPSA) is 91.8 Å². The molecular weight excluding hydrogens is 410 g/mol. The predicted molar refractivity (Wildman–Crippen MR) is 118 cm³/mol. The lowest BCUT2D eigenvalue weighted by Gasteiger charge is -2.14. The number of aromatic nitrogens is 2. The van der Waals surface area contributed by atoms with Gasteiger partial charge in [-0.15, -0.1) is 0 Å². The fraction of sp³-hybridized carbons (Fsp3) is 0.292. The van der Waals surface area contributed by atoms with Gasteiger partial charge in [-0.2, -0.15) is 4.98 Å². The first kappa shape index (κ1) is 21.6. The van der Waals surface area contributed by atoms with Crippen LogP contribution < -0.4 is 19.5 Å². The van der Waals surface area contributed by atoms with Gasteiger partial charge in [-0.3, -0.25) is 4.79 Å². The molecule has 2 heterocycles. The molecule has 1 aromatic heterocycles. The summed E-state index contributed by atoms with van der Waals surface area (Å²) in [6.45, 7) is 1.16. The molecule has 0 unspecified atom stereocenters. The summed E-state index contributed by atoms with van der Waals surface area (Å²) in [5.41, 5.74) is 1.02. The maximum absolute atomic E-state index is 12.9. The Morgan fingerprint density at radius 3 is 2.31 bits per heavy atom. The Morgan fingerprint density at radius 2 is 1.69 bits per heavy atom. The summed E-state index contributed by atoms with van der Waals surface area (Å²) < 4.78 is 22.0. The Morgan fingerprint density at radius 1 is 1.03 bits per heavy atom. The third-order valence-electron chi connectivity index (χ3n) is 5.13. The molecule has 4 rings (SSSR count). The molecule has 0 bridgehead atoms. The summed E-state index contributed by atoms with van der Waals surface area (Å²) in [6.07, 6.45) is 3.45. The third kappa shape index (κ3) is 5.15. The highest BCUT2D eigenvalue weighted by atomic mass is 16.5. The van der Waals surface area contributed by atoms with Crippen LogP contribution in [0.4, 0.5) is 0 Å². The Balaban J connectivity index is 1.61. The van der Waals surface area contributed by atoms with Crippen LogP contribution in [-0.2, 0) is 4.74 Å². The van der Waals surface area contributed by atoms with Gasteiger partial charge in [0.2, 0.25) is 5.88 Å². The summed E-state index contributed by atoms with van der Waals surface area (Å²) >= 11 is 0. The number of carbonyl (C=O) groups excluding carboxylic acids is 1. The zero-order valence-electron chi connectivity index (χ0n) is 18.0. The standard InChI is InChI=1S/C24H25N3O5/c1-29-17-7-5-16(6-8-17)22-25-15-21(23(28)26-14-20-4-3-13-31-20)24(27-22)32-19-11-9-18(30-2)10-12-19/h5-12,15,20H,3-4,13-14H2,1-2H3,(H,26,28)/t20-/m1/s1. The smallest absolute Gasteiger partial charge is 0.258 e. The van der Waals surface area contributed by atoms with Crippen LogP contribution in [0.25, 0.3) is 11.4 Å². The van der Waals surface area contributed by atoms with E-state index in [1.165, 1.54) is 6.20 Å². The lowest BCUT2D eigenvalue weighted by atomic mass is 10.2. The molecule has 32 heavy (non-hydrogen) atoms. The van der Waals surface area contributed by atoms with Crippen molar-refractivity contribution < 1.29 is 23.7 Å². The minimum Gasteiger partial charge on any atom is -0.497 e. The van der Waals surface area contributed by atoms with Crippen molar-refractivity contribution in [2.45, 2.75) is 18.9 Å². The number of carbonyl (C=O) groups is 1. The number of nitrogens with zero attached hydrogens (tertiary/aromatic N) is 2. The highest BCUT2D eigenvalue weighted by Crippen LogP contribution is 2.28. The Bertz CT molecular complexity index is 1050. The molecule has 8 nitrogen and oxygen atoms in total. The van der Waals surface area contributed by atoms with E-state index < -0.39 is 0 Å². The highest BCUT2D eigenvalue weighted by Gasteiger charge is 2.21. The van der Waals surface area contributed by atoms with Gasteiger partial charge in [0.15, 0.2) is 5.82 Å². The fourth-order valence-electron chi connectivity index (χ4n) is 3.34. The van der Waals surface area contributed by atoms with Gasteiger partial charge in [0.1, 0.15) is 22.8 Å². The van der Waals surface area contributed by atoms with E-state index in [9.17, 15) is 4.79 Å². The largest absolute Gasteiger partial charge is 0.497 e. The van der Waals surface area contributed by atoms with Gasteiger partial charge in [-0.05, 0) is 61.4 Å². The summed E-state index contributed by atoms with van der Waals surface area (Å²) in [6, 6.07) is 14.4. The van der Waals surface area contributed by atoms with E-state index in [0.717, 1.165) is 30.8 Å². The van der Waals surface area contributed by atoms with Crippen LogP contribution in [0.5, 0.6) is 23.1 Å². The van der Waals surface area contributed by atoms with Crippen molar-refractivity contribution >= 4 is 5.91 Å². The van der Waals surface area contributed by atoms with Crippen LogP contribution in [0.3, 0.4) is 0 Å². The molecule has 0 aliphatic carbocycles. The maximum atomic E-state index is 12.9. The van der Waals surface area contributed by atoms with Crippen molar-refractivity contribution in [3.8, 4) is 34.5 Å². The molecule has 3 aromatic rings. The molecule has 1 atom stereocenters.